The third-order valence-corrected chi connectivity index (χ3v) is 4.45. The summed E-state index contributed by atoms with van der Waals surface area (Å²) in [5, 5.41) is 7.09. The maximum absolute atomic E-state index is 12.9. The first-order valence-corrected chi connectivity index (χ1v) is 8.29. The largest absolute Gasteiger partial charge is 0.445 e. The summed E-state index contributed by atoms with van der Waals surface area (Å²) in [7, 11) is 0. The molecule has 130 valence electrons. The molecule has 0 radical (unpaired) electrons. The number of aromatic nitrogens is 2. The second kappa shape index (κ2) is 6.15. The van der Waals surface area contributed by atoms with Crippen LogP contribution in [-0.4, -0.2) is 27.3 Å². The molecule has 26 heavy (non-hydrogen) atoms. The summed E-state index contributed by atoms with van der Waals surface area (Å²) in [6.07, 6.45) is 1.92. The summed E-state index contributed by atoms with van der Waals surface area (Å²) in [5.41, 5.74) is 0.853. The van der Waals surface area contributed by atoms with Crippen LogP contribution in [0, 0.1) is 0 Å². The number of carbonyl (C=O) groups excluding carboxylic acids is 2. The molecule has 1 amide bonds. The van der Waals surface area contributed by atoms with Crippen molar-refractivity contribution >= 4 is 17.7 Å². The molecule has 3 aromatic rings. The van der Waals surface area contributed by atoms with Crippen molar-refractivity contribution in [3.05, 3.63) is 78.0 Å². The molecule has 4 rings (SSSR count). The van der Waals surface area contributed by atoms with Crippen molar-refractivity contribution < 1.29 is 14.3 Å². The van der Waals surface area contributed by atoms with Crippen LogP contribution in [0.3, 0.4) is 0 Å². The maximum Gasteiger partial charge on any atom is 0.339 e. The van der Waals surface area contributed by atoms with E-state index in [9.17, 15) is 9.59 Å². The lowest BCUT2D eigenvalue weighted by Crippen LogP contribution is -2.49. The molecule has 0 fully saturated rings. The van der Waals surface area contributed by atoms with Crippen molar-refractivity contribution in [2.45, 2.75) is 18.9 Å². The van der Waals surface area contributed by atoms with Crippen molar-refractivity contribution in [1.82, 2.24) is 9.78 Å². The maximum atomic E-state index is 12.9. The molecule has 1 aliphatic rings. The lowest BCUT2D eigenvalue weighted by Gasteiger charge is -2.33. The molecule has 2 heterocycles. The predicted molar refractivity (Wildman–Crippen MR) is 96.2 cm³/mol. The average Bonchev–Trinajstić information content (AvgIpc) is 3.10. The number of hydrogen-bond donors (Lipinski definition) is 1. The molecule has 0 spiro atoms. The molecule has 0 saturated carbocycles. The minimum absolute atomic E-state index is 0.320. The van der Waals surface area contributed by atoms with Gasteiger partial charge in [0.15, 0.2) is 5.60 Å². The molecule has 2 aromatic carbocycles. The fraction of sp³-hybridized carbons (Fsp3) is 0.150. The van der Waals surface area contributed by atoms with E-state index in [1.165, 1.54) is 0 Å². The van der Waals surface area contributed by atoms with Gasteiger partial charge < -0.3 is 10.1 Å². The second-order valence-electron chi connectivity index (χ2n) is 6.37. The number of anilines is 1. The van der Waals surface area contributed by atoms with Gasteiger partial charge in [-0.25, -0.2) is 9.48 Å². The van der Waals surface area contributed by atoms with Crippen LogP contribution in [0.2, 0.25) is 0 Å². The first-order valence-electron chi connectivity index (χ1n) is 8.29. The van der Waals surface area contributed by atoms with Crippen LogP contribution in [0.25, 0.3) is 5.69 Å². The Labute approximate surface area is 150 Å². The molecule has 6 heteroatoms. The standard InChI is InChI=1S/C20H17N3O3/c1-20(13-14-7-5-6-10-16(14)18(24)26-20)19(25)22-17-11-12-21-23(17)15-8-3-2-4-9-15/h2-12H,13H2,1H3,(H,22,25)/t20-/m0/s1. The van der Waals surface area contributed by atoms with Gasteiger partial charge in [0.2, 0.25) is 0 Å². The highest BCUT2D eigenvalue weighted by molar-refractivity contribution is 6.02. The van der Waals surface area contributed by atoms with Gasteiger partial charge in [-0.2, -0.15) is 5.10 Å². The topological polar surface area (TPSA) is 73.2 Å². The monoisotopic (exact) mass is 347 g/mol. The number of amides is 1. The summed E-state index contributed by atoms with van der Waals surface area (Å²) in [6, 6.07) is 18.4. The predicted octanol–water partition coefficient (Wildman–Crippen LogP) is 2.98. The van der Waals surface area contributed by atoms with Gasteiger partial charge >= 0.3 is 5.97 Å². The molecular weight excluding hydrogens is 330 g/mol. The molecule has 6 nitrogen and oxygen atoms in total. The van der Waals surface area contributed by atoms with Crippen molar-refractivity contribution in [2.75, 3.05) is 5.32 Å². The number of rotatable bonds is 3. The highest BCUT2D eigenvalue weighted by atomic mass is 16.6. The van der Waals surface area contributed by atoms with Gasteiger partial charge in [-0.1, -0.05) is 36.4 Å². The van der Waals surface area contributed by atoms with Crippen molar-refractivity contribution in [3.8, 4) is 5.69 Å². The first-order chi connectivity index (χ1) is 12.6. The van der Waals surface area contributed by atoms with E-state index >= 15 is 0 Å². The third-order valence-electron chi connectivity index (χ3n) is 4.45. The van der Waals surface area contributed by atoms with Crippen LogP contribution in [0.15, 0.2) is 66.9 Å². The van der Waals surface area contributed by atoms with Gasteiger partial charge in [-0.15, -0.1) is 0 Å². The van der Waals surface area contributed by atoms with E-state index in [1.807, 2.05) is 42.5 Å². The normalized spacial score (nSPS) is 18.7. The van der Waals surface area contributed by atoms with Gasteiger partial charge in [0.25, 0.3) is 5.91 Å². The summed E-state index contributed by atoms with van der Waals surface area (Å²) >= 11 is 0. The van der Waals surface area contributed by atoms with Crippen LogP contribution in [-0.2, 0) is 16.0 Å². The van der Waals surface area contributed by atoms with Crippen molar-refractivity contribution in [1.29, 1.82) is 0 Å². The number of esters is 1. The SMILES string of the molecule is C[C@@]1(C(=O)Nc2ccnn2-c2ccccc2)Cc2ccccc2C(=O)O1. The Hall–Kier alpha value is -3.41. The number of nitrogens with zero attached hydrogens (tertiary/aromatic N) is 2. The Morgan fingerprint density at radius 2 is 1.85 bits per heavy atom. The Kier molecular flexibility index (Phi) is 3.80. The van der Waals surface area contributed by atoms with Crippen LogP contribution >= 0.6 is 0 Å². The van der Waals surface area contributed by atoms with Gasteiger partial charge in [0.1, 0.15) is 5.82 Å². The molecule has 1 aliphatic heterocycles. The lowest BCUT2D eigenvalue weighted by atomic mass is 9.89. The molecule has 1 aromatic heterocycles. The molecule has 0 aliphatic carbocycles. The van der Waals surface area contributed by atoms with Gasteiger partial charge in [0.05, 0.1) is 17.4 Å². The Morgan fingerprint density at radius 3 is 2.65 bits per heavy atom. The number of carbonyl (C=O) groups is 2. The minimum Gasteiger partial charge on any atom is -0.445 e. The van der Waals surface area contributed by atoms with E-state index in [1.54, 1.807) is 36.0 Å². The number of ether oxygens (including phenoxy) is 1. The van der Waals surface area contributed by atoms with Crippen LogP contribution < -0.4 is 5.32 Å². The van der Waals surface area contributed by atoms with E-state index < -0.39 is 17.5 Å². The fourth-order valence-electron chi connectivity index (χ4n) is 3.08. The van der Waals surface area contributed by atoms with Crippen molar-refractivity contribution in [2.24, 2.45) is 0 Å². The second-order valence-corrected chi connectivity index (χ2v) is 6.37. The van der Waals surface area contributed by atoms with Gasteiger partial charge in [-0.3, -0.25) is 4.79 Å². The zero-order valence-electron chi connectivity index (χ0n) is 14.2. The van der Waals surface area contributed by atoms with Crippen molar-refractivity contribution in [3.63, 3.8) is 0 Å². The number of fused-ring (bicyclic) bond motifs is 1. The van der Waals surface area contributed by atoms with Crippen LogP contribution in [0.4, 0.5) is 5.82 Å². The highest BCUT2D eigenvalue weighted by Gasteiger charge is 2.42. The zero-order chi connectivity index (χ0) is 18.1. The number of nitrogens with one attached hydrogen (secondary N) is 1. The molecule has 0 unspecified atom stereocenters. The molecular formula is C20H17N3O3. The van der Waals surface area contributed by atoms with E-state index in [4.69, 9.17) is 4.74 Å². The number of para-hydroxylation sites is 1. The van der Waals surface area contributed by atoms with Gasteiger partial charge in [-0.05, 0) is 30.7 Å². The summed E-state index contributed by atoms with van der Waals surface area (Å²) in [6.45, 7) is 1.62. The Morgan fingerprint density at radius 1 is 1.12 bits per heavy atom. The summed E-state index contributed by atoms with van der Waals surface area (Å²) < 4.78 is 7.10. The number of benzene rings is 2. The summed E-state index contributed by atoms with van der Waals surface area (Å²) in [5.74, 6) is -0.364. The smallest absolute Gasteiger partial charge is 0.339 e. The van der Waals surface area contributed by atoms with Gasteiger partial charge in [0, 0.05) is 12.5 Å². The van der Waals surface area contributed by atoms with E-state index in [0.717, 1.165) is 11.3 Å². The van der Waals surface area contributed by atoms with Crippen LogP contribution in [0.5, 0.6) is 0 Å². The lowest BCUT2D eigenvalue weighted by molar-refractivity contribution is -0.134. The molecule has 1 N–H and O–H groups in total. The fourth-order valence-corrected chi connectivity index (χ4v) is 3.08. The van der Waals surface area contributed by atoms with E-state index in [-0.39, 0.29) is 0 Å². The Bertz CT molecular complexity index is 981. The Balaban J connectivity index is 1.60. The molecule has 0 saturated heterocycles. The number of cyclic esters (lactones) is 1. The molecule has 1 atom stereocenters. The van der Waals surface area contributed by atoms with E-state index in [0.29, 0.717) is 17.8 Å². The third kappa shape index (κ3) is 2.75. The highest BCUT2D eigenvalue weighted by Crippen LogP contribution is 2.29. The quantitative estimate of drug-likeness (QED) is 0.739. The minimum atomic E-state index is -1.28. The number of hydrogen-bond acceptors (Lipinski definition) is 4. The summed E-state index contributed by atoms with van der Waals surface area (Å²) in [4.78, 5) is 25.2. The molecule has 0 bridgehead atoms. The zero-order valence-corrected chi connectivity index (χ0v) is 14.2. The first kappa shape index (κ1) is 16.1. The van der Waals surface area contributed by atoms with Crippen LogP contribution in [0.1, 0.15) is 22.8 Å². The van der Waals surface area contributed by atoms with E-state index in [2.05, 4.69) is 10.4 Å². The average molecular weight is 347 g/mol.